The molecule has 94 valence electrons. The van der Waals surface area contributed by atoms with E-state index in [4.69, 9.17) is 12.2 Å². The lowest BCUT2D eigenvalue weighted by Crippen LogP contribution is -2.47. The first kappa shape index (κ1) is 13.8. The molecule has 0 aromatic heterocycles. The van der Waals surface area contributed by atoms with Crippen LogP contribution in [0.25, 0.3) is 0 Å². The number of hydrogen-bond acceptors (Lipinski definition) is 1. The molecule has 3 heteroatoms. The van der Waals surface area contributed by atoms with Crippen molar-refractivity contribution in [2.75, 3.05) is 0 Å². The zero-order chi connectivity index (χ0) is 12.0. The monoisotopic (exact) mass is 242 g/mol. The van der Waals surface area contributed by atoms with Gasteiger partial charge >= 0.3 is 0 Å². The Kier molecular flexibility index (Phi) is 6.10. The first-order valence-corrected chi connectivity index (χ1v) is 7.11. The summed E-state index contributed by atoms with van der Waals surface area (Å²) in [4.78, 5) is 0. The molecule has 0 aliphatic heterocycles. The van der Waals surface area contributed by atoms with Crippen LogP contribution in [0.15, 0.2) is 0 Å². The van der Waals surface area contributed by atoms with Gasteiger partial charge in [-0.25, -0.2) is 0 Å². The lowest BCUT2D eigenvalue weighted by molar-refractivity contribution is 0.400. The van der Waals surface area contributed by atoms with Crippen LogP contribution in [0, 0.1) is 5.92 Å². The molecule has 0 radical (unpaired) electrons. The zero-order valence-corrected chi connectivity index (χ0v) is 11.7. The molecule has 0 bridgehead atoms. The number of hydrogen-bond donors (Lipinski definition) is 2. The van der Waals surface area contributed by atoms with Gasteiger partial charge in [-0.2, -0.15) is 0 Å². The second-order valence-electron chi connectivity index (χ2n) is 5.13. The second kappa shape index (κ2) is 7.10. The van der Waals surface area contributed by atoms with Crippen molar-refractivity contribution in [2.45, 2.75) is 71.4 Å². The summed E-state index contributed by atoms with van der Waals surface area (Å²) >= 11 is 5.36. The van der Waals surface area contributed by atoms with Gasteiger partial charge in [-0.3, -0.25) is 0 Å². The minimum absolute atomic E-state index is 0.466. The molecule has 1 fully saturated rings. The number of nitrogens with one attached hydrogen (secondary N) is 2. The molecule has 1 aliphatic rings. The molecule has 0 saturated heterocycles. The van der Waals surface area contributed by atoms with Gasteiger partial charge in [0.05, 0.1) is 0 Å². The Morgan fingerprint density at radius 2 is 1.88 bits per heavy atom. The summed E-state index contributed by atoms with van der Waals surface area (Å²) in [6, 6.07) is 1.08. The summed E-state index contributed by atoms with van der Waals surface area (Å²) in [5, 5.41) is 7.69. The molecule has 0 aromatic carbocycles. The van der Waals surface area contributed by atoms with Crippen LogP contribution in [0.1, 0.15) is 59.3 Å². The first-order chi connectivity index (χ1) is 7.63. The molecular formula is C13H26N2S. The molecule has 2 atom stereocenters. The second-order valence-corrected chi connectivity index (χ2v) is 5.54. The van der Waals surface area contributed by atoms with E-state index in [-0.39, 0.29) is 0 Å². The van der Waals surface area contributed by atoms with Gasteiger partial charge in [0.2, 0.25) is 0 Å². The van der Waals surface area contributed by atoms with Gasteiger partial charge in [0, 0.05) is 12.1 Å². The largest absolute Gasteiger partial charge is 0.360 e. The van der Waals surface area contributed by atoms with Crippen LogP contribution < -0.4 is 10.6 Å². The molecular weight excluding hydrogens is 216 g/mol. The van der Waals surface area contributed by atoms with Gasteiger partial charge in [0.15, 0.2) is 5.11 Å². The highest BCUT2D eigenvalue weighted by Crippen LogP contribution is 2.17. The summed E-state index contributed by atoms with van der Waals surface area (Å²) in [7, 11) is 0. The summed E-state index contributed by atoms with van der Waals surface area (Å²) in [6.07, 6.45) is 7.84. The van der Waals surface area contributed by atoms with E-state index in [2.05, 4.69) is 31.4 Å². The lowest BCUT2D eigenvalue weighted by atomic mass is 9.96. The van der Waals surface area contributed by atoms with Crippen molar-refractivity contribution < 1.29 is 0 Å². The normalized spacial score (nSPS) is 21.2. The van der Waals surface area contributed by atoms with Crippen molar-refractivity contribution in [1.29, 1.82) is 0 Å². The molecule has 0 spiro atoms. The molecule has 1 aliphatic carbocycles. The molecule has 2 nitrogen and oxygen atoms in total. The Hall–Kier alpha value is -0.310. The summed E-state index contributed by atoms with van der Waals surface area (Å²) in [5.74, 6) is 0.672. The maximum absolute atomic E-state index is 5.36. The highest BCUT2D eigenvalue weighted by atomic mass is 32.1. The Balaban J connectivity index is 2.23. The third-order valence-corrected chi connectivity index (χ3v) is 4.03. The average molecular weight is 242 g/mol. The summed E-state index contributed by atoms with van der Waals surface area (Å²) in [5.41, 5.74) is 0. The van der Waals surface area contributed by atoms with Gasteiger partial charge in [-0.1, -0.05) is 39.5 Å². The van der Waals surface area contributed by atoms with Crippen molar-refractivity contribution in [3.8, 4) is 0 Å². The zero-order valence-electron chi connectivity index (χ0n) is 10.9. The van der Waals surface area contributed by atoms with E-state index in [9.17, 15) is 0 Å². The standard InChI is InChI=1S/C13H26N2S/c1-4-10(2)11(3)14-13(16)15-12-8-6-5-7-9-12/h10-12H,4-9H2,1-3H3,(H2,14,15,16). The smallest absolute Gasteiger partial charge is 0.166 e. The first-order valence-electron chi connectivity index (χ1n) is 6.70. The molecule has 16 heavy (non-hydrogen) atoms. The van der Waals surface area contributed by atoms with E-state index in [0.717, 1.165) is 5.11 Å². The highest BCUT2D eigenvalue weighted by molar-refractivity contribution is 7.80. The Morgan fingerprint density at radius 1 is 1.25 bits per heavy atom. The Labute approximate surface area is 106 Å². The fourth-order valence-corrected chi connectivity index (χ4v) is 2.53. The third kappa shape index (κ3) is 4.69. The maximum Gasteiger partial charge on any atom is 0.166 e. The Morgan fingerprint density at radius 3 is 2.44 bits per heavy atom. The van der Waals surface area contributed by atoms with Gasteiger partial charge in [0.25, 0.3) is 0 Å². The van der Waals surface area contributed by atoms with Crippen LogP contribution in [-0.2, 0) is 0 Å². The van der Waals surface area contributed by atoms with Crippen molar-refractivity contribution in [2.24, 2.45) is 5.92 Å². The predicted molar refractivity (Wildman–Crippen MR) is 74.7 cm³/mol. The summed E-state index contributed by atoms with van der Waals surface area (Å²) in [6.45, 7) is 6.70. The lowest BCUT2D eigenvalue weighted by Gasteiger charge is -2.27. The van der Waals surface area contributed by atoms with Gasteiger partial charge in [-0.05, 0) is 37.9 Å². The van der Waals surface area contributed by atoms with Crippen LogP contribution >= 0.6 is 12.2 Å². The van der Waals surface area contributed by atoms with Crippen LogP contribution in [0.3, 0.4) is 0 Å². The molecule has 1 saturated carbocycles. The number of thiocarbonyl (C=S) groups is 1. The van der Waals surface area contributed by atoms with Crippen molar-refractivity contribution in [3.63, 3.8) is 0 Å². The number of rotatable bonds is 4. The SMILES string of the molecule is CCC(C)C(C)NC(=S)NC1CCCCC1. The van der Waals surface area contributed by atoms with Gasteiger partial charge in [0.1, 0.15) is 0 Å². The van der Waals surface area contributed by atoms with Crippen LogP contribution in [0.2, 0.25) is 0 Å². The minimum atomic E-state index is 0.466. The minimum Gasteiger partial charge on any atom is -0.360 e. The van der Waals surface area contributed by atoms with E-state index in [0.29, 0.717) is 18.0 Å². The molecule has 1 rings (SSSR count). The van der Waals surface area contributed by atoms with Crippen LogP contribution in [0.5, 0.6) is 0 Å². The third-order valence-electron chi connectivity index (χ3n) is 3.80. The van der Waals surface area contributed by atoms with Crippen molar-refractivity contribution in [3.05, 3.63) is 0 Å². The van der Waals surface area contributed by atoms with Gasteiger partial charge < -0.3 is 10.6 Å². The van der Waals surface area contributed by atoms with Crippen molar-refractivity contribution in [1.82, 2.24) is 10.6 Å². The fraction of sp³-hybridized carbons (Fsp3) is 0.923. The molecule has 0 amide bonds. The van der Waals surface area contributed by atoms with Gasteiger partial charge in [-0.15, -0.1) is 0 Å². The van der Waals surface area contributed by atoms with Crippen LogP contribution in [0.4, 0.5) is 0 Å². The maximum atomic E-state index is 5.36. The van der Waals surface area contributed by atoms with E-state index in [1.54, 1.807) is 0 Å². The van der Waals surface area contributed by atoms with E-state index in [1.165, 1.54) is 38.5 Å². The molecule has 2 unspecified atom stereocenters. The molecule has 0 heterocycles. The van der Waals surface area contributed by atoms with E-state index >= 15 is 0 Å². The van der Waals surface area contributed by atoms with Crippen molar-refractivity contribution >= 4 is 17.3 Å². The molecule has 0 aromatic rings. The Bertz CT molecular complexity index is 206. The topological polar surface area (TPSA) is 24.1 Å². The predicted octanol–water partition coefficient (Wildman–Crippen LogP) is 3.22. The molecule has 2 N–H and O–H groups in total. The quantitative estimate of drug-likeness (QED) is 0.740. The van der Waals surface area contributed by atoms with E-state index in [1.807, 2.05) is 0 Å². The summed E-state index contributed by atoms with van der Waals surface area (Å²) < 4.78 is 0. The average Bonchev–Trinajstić information content (AvgIpc) is 2.29. The van der Waals surface area contributed by atoms with Crippen LogP contribution in [-0.4, -0.2) is 17.2 Å². The highest BCUT2D eigenvalue weighted by Gasteiger charge is 2.16. The van der Waals surface area contributed by atoms with E-state index < -0.39 is 0 Å². The fourth-order valence-electron chi connectivity index (χ4n) is 2.18.